The summed E-state index contributed by atoms with van der Waals surface area (Å²) in [6.45, 7) is 3.38. The van der Waals surface area contributed by atoms with Gasteiger partial charge in [0.2, 0.25) is 5.88 Å². The van der Waals surface area contributed by atoms with E-state index in [1.807, 2.05) is 13.0 Å². The van der Waals surface area contributed by atoms with Crippen LogP contribution in [0.25, 0.3) is 0 Å². The zero-order valence-electron chi connectivity index (χ0n) is 12.0. The van der Waals surface area contributed by atoms with E-state index in [-0.39, 0.29) is 12.0 Å². The molecule has 2 rings (SSSR count). The van der Waals surface area contributed by atoms with Crippen LogP contribution < -0.4 is 9.64 Å². The summed E-state index contributed by atoms with van der Waals surface area (Å²) in [7, 11) is 1.42. The first kappa shape index (κ1) is 14.6. The van der Waals surface area contributed by atoms with Crippen LogP contribution in [0.5, 0.6) is 5.88 Å². The molecule has 20 heavy (non-hydrogen) atoms. The molecule has 0 aromatic carbocycles. The highest BCUT2D eigenvalue weighted by Crippen LogP contribution is 2.26. The number of piperidine rings is 1. The van der Waals surface area contributed by atoms with Gasteiger partial charge in [-0.2, -0.15) is 0 Å². The van der Waals surface area contributed by atoms with Gasteiger partial charge >= 0.3 is 5.97 Å². The average Bonchev–Trinajstić information content (AvgIpc) is 2.48. The fourth-order valence-corrected chi connectivity index (χ4v) is 2.50. The van der Waals surface area contributed by atoms with Gasteiger partial charge in [-0.15, -0.1) is 0 Å². The lowest BCUT2D eigenvalue weighted by atomic mass is 9.99. The molecule has 0 radical (unpaired) electrons. The van der Waals surface area contributed by atoms with Gasteiger partial charge in [0, 0.05) is 18.7 Å². The highest BCUT2D eigenvalue weighted by Gasteiger charge is 2.26. The standard InChI is InChI=1S/C14H21N3O3/c1-3-20-13-9-12(15-10-16-13)17-7-5-4-6-11(17)8-14(18)19-2/h9-11H,3-8H2,1-2H3. The maximum Gasteiger partial charge on any atom is 0.307 e. The summed E-state index contributed by atoms with van der Waals surface area (Å²) >= 11 is 0. The minimum absolute atomic E-state index is 0.139. The Morgan fingerprint density at radius 2 is 2.30 bits per heavy atom. The fourth-order valence-electron chi connectivity index (χ4n) is 2.50. The Morgan fingerprint density at radius 1 is 1.45 bits per heavy atom. The van der Waals surface area contributed by atoms with Crippen LogP contribution in [-0.2, 0) is 9.53 Å². The number of hydrogen-bond acceptors (Lipinski definition) is 6. The van der Waals surface area contributed by atoms with Crippen molar-refractivity contribution in [2.75, 3.05) is 25.2 Å². The summed E-state index contributed by atoms with van der Waals surface area (Å²) < 4.78 is 10.2. The van der Waals surface area contributed by atoms with Crippen molar-refractivity contribution in [1.82, 2.24) is 9.97 Å². The maximum absolute atomic E-state index is 11.5. The van der Waals surface area contributed by atoms with E-state index in [4.69, 9.17) is 9.47 Å². The van der Waals surface area contributed by atoms with Gasteiger partial charge in [-0.3, -0.25) is 4.79 Å². The number of aromatic nitrogens is 2. The molecular weight excluding hydrogens is 258 g/mol. The summed E-state index contributed by atoms with van der Waals surface area (Å²) in [4.78, 5) is 22.1. The lowest BCUT2D eigenvalue weighted by molar-refractivity contribution is -0.141. The minimum atomic E-state index is -0.180. The third-order valence-corrected chi connectivity index (χ3v) is 3.47. The summed E-state index contributed by atoms with van der Waals surface area (Å²) in [5, 5.41) is 0. The van der Waals surface area contributed by atoms with Crippen molar-refractivity contribution >= 4 is 11.8 Å². The van der Waals surface area contributed by atoms with Crippen LogP contribution in [-0.4, -0.2) is 42.2 Å². The van der Waals surface area contributed by atoms with E-state index in [0.717, 1.165) is 31.6 Å². The summed E-state index contributed by atoms with van der Waals surface area (Å²) in [6.07, 6.45) is 5.10. The van der Waals surface area contributed by atoms with Crippen molar-refractivity contribution < 1.29 is 14.3 Å². The van der Waals surface area contributed by atoms with Crippen LogP contribution >= 0.6 is 0 Å². The van der Waals surface area contributed by atoms with Crippen LogP contribution in [0.1, 0.15) is 32.6 Å². The number of ether oxygens (including phenoxy) is 2. The predicted molar refractivity (Wildman–Crippen MR) is 74.8 cm³/mol. The number of carbonyl (C=O) groups is 1. The Labute approximate surface area is 119 Å². The topological polar surface area (TPSA) is 64.5 Å². The first-order valence-electron chi connectivity index (χ1n) is 7.03. The fraction of sp³-hybridized carbons (Fsp3) is 0.643. The number of hydrogen-bond donors (Lipinski definition) is 0. The van der Waals surface area contributed by atoms with Crippen LogP contribution in [0.2, 0.25) is 0 Å². The van der Waals surface area contributed by atoms with E-state index < -0.39 is 0 Å². The zero-order chi connectivity index (χ0) is 14.4. The third-order valence-electron chi connectivity index (χ3n) is 3.47. The molecule has 1 aromatic rings. The molecule has 1 unspecified atom stereocenters. The van der Waals surface area contributed by atoms with Gasteiger partial charge < -0.3 is 14.4 Å². The molecule has 110 valence electrons. The second-order valence-electron chi connectivity index (χ2n) is 4.77. The molecular formula is C14H21N3O3. The molecule has 1 atom stereocenters. The molecule has 6 nitrogen and oxygen atoms in total. The van der Waals surface area contributed by atoms with E-state index >= 15 is 0 Å². The quantitative estimate of drug-likeness (QED) is 0.766. The van der Waals surface area contributed by atoms with Gasteiger partial charge in [-0.25, -0.2) is 9.97 Å². The smallest absolute Gasteiger partial charge is 0.307 e. The Bertz CT molecular complexity index is 453. The Kier molecular flexibility index (Phi) is 5.15. The summed E-state index contributed by atoms with van der Waals surface area (Å²) in [6, 6.07) is 1.97. The normalized spacial score (nSPS) is 18.7. The van der Waals surface area contributed by atoms with E-state index in [2.05, 4.69) is 14.9 Å². The van der Waals surface area contributed by atoms with Crippen molar-refractivity contribution in [3.63, 3.8) is 0 Å². The molecule has 1 aliphatic rings. The van der Waals surface area contributed by atoms with Crippen molar-refractivity contribution in [2.24, 2.45) is 0 Å². The average molecular weight is 279 g/mol. The molecule has 0 spiro atoms. The van der Waals surface area contributed by atoms with Crippen molar-refractivity contribution in [3.8, 4) is 5.88 Å². The van der Waals surface area contributed by atoms with Gasteiger partial charge in [-0.1, -0.05) is 0 Å². The minimum Gasteiger partial charge on any atom is -0.478 e. The molecule has 0 aliphatic carbocycles. The Morgan fingerprint density at radius 3 is 3.05 bits per heavy atom. The first-order chi connectivity index (χ1) is 9.74. The second-order valence-corrected chi connectivity index (χ2v) is 4.77. The lowest BCUT2D eigenvalue weighted by Gasteiger charge is -2.36. The zero-order valence-corrected chi connectivity index (χ0v) is 12.0. The molecule has 1 fully saturated rings. The Hall–Kier alpha value is -1.85. The molecule has 1 aromatic heterocycles. The van der Waals surface area contributed by atoms with E-state index in [1.165, 1.54) is 13.4 Å². The van der Waals surface area contributed by atoms with E-state index in [9.17, 15) is 4.79 Å². The molecule has 0 saturated carbocycles. The molecule has 0 N–H and O–H groups in total. The number of carbonyl (C=O) groups excluding carboxylic acids is 1. The predicted octanol–water partition coefficient (Wildman–Crippen LogP) is 1.80. The van der Waals surface area contributed by atoms with Crippen molar-refractivity contribution in [3.05, 3.63) is 12.4 Å². The molecule has 1 saturated heterocycles. The van der Waals surface area contributed by atoms with Gasteiger partial charge in [0.05, 0.1) is 20.1 Å². The van der Waals surface area contributed by atoms with E-state index in [0.29, 0.717) is 18.9 Å². The number of esters is 1. The maximum atomic E-state index is 11.5. The lowest BCUT2D eigenvalue weighted by Crippen LogP contribution is -2.41. The number of rotatable bonds is 5. The van der Waals surface area contributed by atoms with Crippen molar-refractivity contribution in [1.29, 1.82) is 0 Å². The monoisotopic (exact) mass is 279 g/mol. The van der Waals surface area contributed by atoms with Gasteiger partial charge in [-0.05, 0) is 26.2 Å². The van der Waals surface area contributed by atoms with Crippen LogP contribution in [0.15, 0.2) is 12.4 Å². The number of methoxy groups -OCH3 is 1. The van der Waals surface area contributed by atoms with Crippen LogP contribution in [0, 0.1) is 0 Å². The molecule has 6 heteroatoms. The van der Waals surface area contributed by atoms with Crippen LogP contribution in [0.4, 0.5) is 5.82 Å². The van der Waals surface area contributed by atoms with Gasteiger partial charge in [0.25, 0.3) is 0 Å². The largest absolute Gasteiger partial charge is 0.478 e. The van der Waals surface area contributed by atoms with Crippen LogP contribution in [0.3, 0.4) is 0 Å². The van der Waals surface area contributed by atoms with Gasteiger partial charge in [0.15, 0.2) is 0 Å². The SMILES string of the molecule is CCOc1cc(N2CCCCC2CC(=O)OC)ncn1. The number of nitrogens with zero attached hydrogens (tertiary/aromatic N) is 3. The molecule has 0 amide bonds. The first-order valence-corrected chi connectivity index (χ1v) is 7.03. The number of anilines is 1. The highest BCUT2D eigenvalue weighted by atomic mass is 16.5. The summed E-state index contributed by atoms with van der Waals surface area (Å²) in [5.74, 6) is 1.21. The highest BCUT2D eigenvalue weighted by molar-refractivity contribution is 5.70. The molecule has 0 bridgehead atoms. The third kappa shape index (κ3) is 3.59. The van der Waals surface area contributed by atoms with Crippen molar-refractivity contribution in [2.45, 2.75) is 38.6 Å². The van der Waals surface area contributed by atoms with E-state index in [1.54, 1.807) is 0 Å². The Balaban J connectivity index is 2.14. The molecule has 1 aliphatic heterocycles. The van der Waals surface area contributed by atoms with Gasteiger partial charge in [0.1, 0.15) is 12.1 Å². The summed E-state index contributed by atoms with van der Waals surface area (Å²) in [5.41, 5.74) is 0. The second kappa shape index (κ2) is 7.07. The molecule has 2 heterocycles.